The first-order valence-corrected chi connectivity index (χ1v) is 5.21. The van der Waals surface area contributed by atoms with Crippen molar-refractivity contribution in [1.82, 2.24) is 0 Å². The van der Waals surface area contributed by atoms with Gasteiger partial charge in [0, 0.05) is 0 Å². The van der Waals surface area contributed by atoms with Crippen molar-refractivity contribution >= 4 is 15.0 Å². The van der Waals surface area contributed by atoms with E-state index in [4.69, 9.17) is 0 Å². The summed E-state index contributed by atoms with van der Waals surface area (Å²) in [5.74, 6) is 2.85. The van der Waals surface area contributed by atoms with Crippen LogP contribution in [0.3, 0.4) is 0 Å². The van der Waals surface area contributed by atoms with E-state index < -0.39 is 0 Å². The molecule has 0 atom stereocenters. The van der Waals surface area contributed by atoms with Gasteiger partial charge < -0.3 is 0 Å². The molecule has 0 saturated heterocycles. The van der Waals surface area contributed by atoms with Crippen molar-refractivity contribution in [2.75, 3.05) is 0 Å². The maximum absolute atomic E-state index is 3.51. The van der Waals surface area contributed by atoms with Crippen LogP contribution in [0.25, 0.3) is 0 Å². The second-order valence-electron chi connectivity index (χ2n) is 1.65. The summed E-state index contributed by atoms with van der Waals surface area (Å²) >= 11 is 0.546. The summed E-state index contributed by atoms with van der Waals surface area (Å²) < 4.78 is 0. The monoisotopic (exact) mass is 188 g/mol. The second-order valence-corrected chi connectivity index (χ2v) is 3.54. The topological polar surface area (TPSA) is 0 Å². The molecule has 9 heavy (non-hydrogen) atoms. The van der Waals surface area contributed by atoms with E-state index in [0.29, 0.717) is 15.0 Å². The van der Waals surface area contributed by atoms with Crippen molar-refractivity contribution in [2.24, 2.45) is 0 Å². The first-order valence-electron chi connectivity index (χ1n) is 3.15. The van der Waals surface area contributed by atoms with Gasteiger partial charge in [0.25, 0.3) is 0 Å². The Labute approximate surface area is 63.9 Å². The number of allylic oxidation sites excluding steroid dienone is 1. The number of hydrogen-bond donors (Lipinski definition) is 0. The number of rotatable bonds is 3. The van der Waals surface area contributed by atoms with E-state index in [-0.39, 0.29) is 0 Å². The van der Waals surface area contributed by atoms with E-state index in [1.165, 1.54) is 18.2 Å². The van der Waals surface area contributed by atoms with Crippen LogP contribution in [0.4, 0.5) is 0 Å². The Hall–Kier alpha value is -0.181. The van der Waals surface area contributed by atoms with E-state index in [2.05, 4.69) is 24.2 Å². The average molecular weight is 187 g/mol. The summed E-state index contributed by atoms with van der Waals surface area (Å²) in [4.78, 5) is 3.06. The number of hydrogen-bond acceptors (Lipinski definition) is 0. The minimum absolute atomic E-state index is 0.546. The van der Waals surface area contributed by atoms with Gasteiger partial charge in [-0.25, -0.2) is 0 Å². The third-order valence-electron chi connectivity index (χ3n) is 0.833. The van der Waals surface area contributed by atoms with Crippen molar-refractivity contribution in [2.45, 2.75) is 25.1 Å². The molecule has 0 aromatic rings. The Balaban J connectivity index is 2.99. The number of unbranched alkanes of at least 4 members (excludes halogenated alkanes) is 1. The van der Waals surface area contributed by atoms with Crippen LogP contribution >= 0.6 is 0 Å². The van der Waals surface area contributed by atoms with Gasteiger partial charge in [-0.05, 0) is 0 Å². The van der Waals surface area contributed by atoms with Crippen LogP contribution < -0.4 is 0 Å². The predicted octanol–water partition coefficient (Wildman–Crippen LogP) is 2.06. The van der Waals surface area contributed by atoms with Crippen LogP contribution in [0.15, 0.2) is 12.7 Å². The van der Waals surface area contributed by atoms with E-state index in [1.54, 1.807) is 6.08 Å². The van der Waals surface area contributed by atoms with E-state index in [0.717, 1.165) is 0 Å². The summed E-state index contributed by atoms with van der Waals surface area (Å²) in [5, 5.41) is 1.30. The Bertz CT molecular complexity index is 116. The third-order valence-corrected chi connectivity index (χ3v) is 2.42. The molecular formula is C8H12Se. The van der Waals surface area contributed by atoms with Crippen LogP contribution in [-0.4, -0.2) is 15.0 Å². The molecule has 0 aliphatic rings. The zero-order chi connectivity index (χ0) is 6.95. The van der Waals surface area contributed by atoms with Crippen molar-refractivity contribution < 1.29 is 0 Å². The second kappa shape index (κ2) is 7.82. The zero-order valence-electron chi connectivity index (χ0n) is 5.81. The first-order chi connectivity index (χ1) is 4.41. The summed E-state index contributed by atoms with van der Waals surface area (Å²) in [6, 6.07) is 0. The van der Waals surface area contributed by atoms with Crippen LogP contribution in [0.1, 0.15) is 19.8 Å². The molecule has 0 aliphatic heterocycles. The van der Waals surface area contributed by atoms with Gasteiger partial charge in [-0.3, -0.25) is 0 Å². The zero-order valence-corrected chi connectivity index (χ0v) is 7.53. The first kappa shape index (κ1) is 8.82. The fourth-order valence-electron chi connectivity index (χ4n) is 0.351. The average Bonchev–Trinajstić information content (AvgIpc) is 1.89. The van der Waals surface area contributed by atoms with Crippen LogP contribution in [0, 0.1) is 10.7 Å². The molecule has 0 aliphatic carbocycles. The third kappa shape index (κ3) is 7.82. The molecule has 0 radical (unpaired) electrons. The molecule has 0 fully saturated rings. The normalized spacial score (nSPS) is 7.67. The van der Waals surface area contributed by atoms with Crippen LogP contribution in [-0.2, 0) is 0 Å². The van der Waals surface area contributed by atoms with Crippen molar-refractivity contribution in [3.63, 3.8) is 0 Å². The molecule has 0 aromatic carbocycles. The Morgan fingerprint density at radius 3 is 3.00 bits per heavy atom. The molecule has 0 nitrogen and oxygen atoms in total. The summed E-state index contributed by atoms with van der Waals surface area (Å²) in [6.07, 6.45) is 4.27. The molecule has 0 rings (SSSR count). The molecule has 0 saturated carbocycles. The van der Waals surface area contributed by atoms with Gasteiger partial charge in [-0.15, -0.1) is 0 Å². The van der Waals surface area contributed by atoms with E-state index in [9.17, 15) is 0 Å². The molecular weight excluding hydrogens is 175 g/mol. The Morgan fingerprint density at radius 2 is 2.44 bits per heavy atom. The molecule has 0 unspecified atom stereocenters. The van der Waals surface area contributed by atoms with Gasteiger partial charge in [0.2, 0.25) is 0 Å². The van der Waals surface area contributed by atoms with Crippen molar-refractivity contribution in [3.05, 3.63) is 12.7 Å². The van der Waals surface area contributed by atoms with Crippen molar-refractivity contribution in [1.29, 1.82) is 0 Å². The Morgan fingerprint density at radius 1 is 1.67 bits per heavy atom. The maximum atomic E-state index is 3.51. The standard InChI is InChI=1S/C8H12Se/c1-3-5-7-9-8-6-4-2/h3H,1,4,6,8H2,2H3. The SMILES string of the molecule is C=CC#C[Se]CCCC. The van der Waals surface area contributed by atoms with Gasteiger partial charge in [0.15, 0.2) is 0 Å². The molecule has 0 heterocycles. The Kier molecular flexibility index (Phi) is 7.66. The van der Waals surface area contributed by atoms with Gasteiger partial charge in [0.1, 0.15) is 0 Å². The fourth-order valence-corrected chi connectivity index (χ4v) is 1.82. The quantitative estimate of drug-likeness (QED) is 0.360. The van der Waals surface area contributed by atoms with Crippen LogP contribution in [0.2, 0.25) is 5.32 Å². The summed E-state index contributed by atoms with van der Waals surface area (Å²) in [6.45, 7) is 5.72. The molecule has 1 heteroatoms. The fraction of sp³-hybridized carbons (Fsp3) is 0.500. The minimum atomic E-state index is 0.546. The summed E-state index contributed by atoms with van der Waals surface area (Å²) in [7, 11) is 0. The predicted molar refractivity (Wildman–Crippen MR) is 43.4 cm³/mol. The van der Waals surface area contributed by atoms with Crippen molar-refractivity contribution in [3.8, 4) is 10.7 Å². The van der Waals surface area contributed by atoms with Gasteiger partial charge in [0.05, 0.1) is 0 Å². The molecule has 0 amide bonds. The molecule has 0 N–H and O–H groups in total. The summed E-state index contributed by atoms with van der Waals surface area (Å²) in [5.41, 5.74) is 0. The molecule has 50 valence electrons. The molecule has 0 bridgehead atoms. The van der Waals surface area contributed by atoms with E-state index in [1.807, 2.05) is 0 Å². The molecule has 0 spiro atoms. The van der Waals surface area contributed by atoms with Gasteiger partial charge in [-0.2, -0.15) is 0 Å². The molecule has 0 aromatic heterocycles. The van der Waals surface area contributed by atoms with Gasteiger partial charge >= 0.3 is 63.4 Å². The van der Waals surface area contributed by atoms with Gasteiger partial charge in [-0.1, -0.05) is 0 Å². The van der Waals surface area contributed by atoms with Crippen LogP contribution in [0.5, 0.6) is 0 Å². The van der Waals surface area contributed by atoms with E-state index >= 15 is 0 Å².